The van der Waals surface area contributed by atoms with Crippen LogP contribution in [-0.2, 0) is 17.9 Å². The second-order valence-corrected chi connectivity index (χ2v) is 7.21. The number of halogens is 1. The molecular formula is C19H20FN5O2. The molecule has 5 rings (SSSR count). The molecule has 1 aliphatic heterocycles. The van der Waals surface area contributed by atoms with Crippen molar-refractivity contribution in [2.24, 2.45) is 0 Å². The maximum atomic E-state index is 13.1. The topological polar surface area (TPSA) is 78.9 Å². The van der Waals surface area contributed by atoms with E-state index in [0.717, 1.165) is 29.9 Å². The lowest BCUT2D eigenvalue weighted by Gasteiger charge is -2.24. The van der Waals surface area contributed by atoms with Crippen LogP contribution in [0.25, 0.3) is 11.6 Å². The molecule has 0 spiro atoms. The zero-order chi connectivity index (χ0) is 18.2. The van der Waals surface area contributed by atoms with E-state index < -0.39 is 0 Å². The Labute approximate surface area is 155 Å². The van der Waals surface area contributed by atoms with Crippen LogP contribution in [0.1, 0.15) is 61.2 Å². The molecule has 1 saturated carbocycles. The molecule has 1 atom stereocenters. The molecule has 0 bridgehead atoms. The molecule has 0 radical (unpaired) electrons. The average molecular weight is 369 g/mol. The van der Waals surface area contributed by atoms with Crippen LogP contribution < -0.4 is 0 Å². The Bertz CT molecular complexity index is 930. The molecule has 0 saturated heterocycles. The van der Waals surface area contributed by atoms with E-state index in [-0.39, 0.29) is 11.9 Å². The smallest absolute Gasteiger partial charge is 0.280 e. The number of fused-ring (bicyclic) bond motifs is 1. The van der Waals surface area contributed by atoms with Crippen LogP contribution in [0.3, 0.4) is 0 Å². The second kappa shape index (κ2) is 6.84. The van der Waals surface area contributed by atoms with Gasteiger partial charge in [-0.05, 0) is 30.5 Å². The molecule has 140 valence electrons. The van der Waals surface area contributed by atoms with Crippen LogP contribution in [-0.4, -0.2) is 25.1 Å². The third kappa shape index (κ3) is 3.14. The third-order valence-corrected chi connectivity index (χ3v) is 5.45. The van der Waals surface area contributed by atoms with Gasteiger partial charge in [0.2, 0.25) is 0 Å². The van der Waals surface area contributed by atoms with Crippen LogP contribution in [0.4, 0.5) is 4.39 Å². The highest BCUT2D eigenvalue weighted by molar-refractivity contribution is 5.49. The van der Waals surface area contributed by atoms with Gasteiger partial charge in [-0.25, -0.2) is 9.07 Å². The van der Waals surface area contributed by atoms with Gasteiger partial charge < -0.3 is 9.26 Å². The molecule has 27 heavy (non-hydrogen) atoms. The molecule has 3 aromatic rings. The summed E-state index contributed by atoms with van der Waals surface area (Å²) < 4.78 is 26.4. The highest BCUT2D eigenvalue weighted by Crippen LogP contribution is 2.33. The van der Waals surface area contributed by atoms with Crippen molar-refractivity contribution in [3.8, 4) is 11.6 Å². The zero-order valence-electron chi connectivity index (χ0n) is 14.8. The van der Waals surface area contributed by atoms with E-state index in [4.69, 9.17) is 9.26 Å². The number of rotatable bonds is 3. The first-order chi connectivity index (χ1) is 13.3. The van der Waals surface area contributed by atoms with Crippen LogP contribution >= 0.6 is 0 Å². The summed E-state index contributed by atoms with van der Waals surface area (Å²) in [7, 11) is 0. The quantitative estimate of drug-likeness (QED) is 0.699. The number of hydrogen-bond donors (Lipinski definition) is 0. The van der Waals surface area contributed by atoms with Crippen molar-refractivity contribution in [3.05, 3.63) is 47.2 Å². The highest BCUT2D eigenvalue weighted by Gasteiger charge is 2.29. The lowest BCUT2D eigenvalue weighted by atomic mass is 9.89. The number of ether oxygens (including phenoxy) is 1. The Morgan fingerprint density at radius 1 is 1.07 bits per heavy atom. The maximum absolute atomic E-state index is 13.1. The summed E-state index contributed by atoms with van der Waals surface area (Å²) in [5.74, 6) is 1.29. The van der Waals surface area contributed by atoms with E-state index in [1.807, 2.05) is 0 Å². The van der Waals surface area contributed by atoms with Gasteiger partial charge in [0.15, 0.2) is 11.5 Å². The van der Waals surface area contributed by atoms with E-state index in [9.17, 15) is 4.39 Å². The molecule has 8 heteroatoms. The summed E-state index contributed by atoms with van der Waals surface area (Å²) in [4.78, 5) is 4.58. The molecule has 1 aromatic carbocycles. The van der Waals surface area contributed by atoms with Gasteiger partial charge >= 0.3 is 0 Å². The van der Waals surface area contributed by atoms with Crippen molar-refractivity contribution in [2.45, 2.75) is 57.3 Å². The molecule has 2 aliphatic rings. The van der Waals surface area contributed by atoms with Gasteiger partial charge in [0.25, 0.3) is 5.89 Å². The van der Waals surface area contributed by atoms with Crippen molar-refractivity contribution in [1.82, 2.24) is 25.1 Å². The Morgan fingerprint density at radius 3 is 2.70 bits per heavy atom. The molecule has 1 fully saturated rings. The fraction of sp³-hybridized carbons (Fsp3) is 0.474. The highest BCUT2D eigenvalue weighted by atomic mass is 19.1. The monoisotopic (exact) mass is 369 g/mol. The lowest BCUT2D eigenvalue weighted by Crippen LogP contribution is -2.22. The van der Waals surface area contributed by atoms with Crippen LogP contribution in [0.5, 0.6) is 0 Å². The largest absolute Gasteiger partial charge is 0.365 e. The molecule has 1 aliphatic carbocycles. The van der Waals surface area contributed by atoms with Crippen molar-refractivity contribution < 1.29 is 13.7 Å². The predicted molar refractivity (Wildman–Crippen MR) is 93.1 cm³/mol. The van der Waals surface area contributed by atoms with Gasteiger partial charge in [0.05, 0.1) is 18.8 Å². The van der Waals surface area contributed by atoms with E-state index in [1.165, 1.54) is 31.4 Å². The zero-order valence-corrected chi connectivity index (χ0v) is 14.8. The van der Waals surface area contributed by atoms with Gasteiger partial charge in [-0.1, -0.05) is 41.8 Å². The van der Waals surface area contributed by atoms with Crippen molar-refractivity contribution >= 4 is 0 Å². The van der Waals surface area contributed by atoms with Crippen molar-refractivity contribution in [3.63, 3.8) is 0 Å². The van der Waals surface area contributed by atoms with Gasteiger partial charge in [-0.2, -0.15) is 4.98 Å². The minimum absolute atomic E-state index is 0.187. The lowest BCUT2D eigenvalue weighted by molar-refractivity contribution is -0.00120. The van der Waals surface area contributed by atoms with E-state index >= 15 is 0 Å². The SMILES string of the molecule is Fc1ccc([C@@H]2Cn3nnc(-c4nc(C5CCCCC5)no4)c3CO2)cc1. The summed E-state index contributed by atoms with van der Waals surface area (Å²) in [5, 5.41) is 12.7. The predicted octanol–water partition coefficient (Wildman–Crippen LogP) is 3.79. The normalized spacial score (nSPS) is 20.6. The van der Waals surface area contributed by atoms with Crippen molar-refractivity contribution in [2.75, 3.05) is 0 Å². The Morgan fingerprint density at radius 2 is 1.89 bits per heavy atom. The van der Waals surface area contributed by atoms with Crippen LogP contribution in [0.15, 0.2) is 28.8 Å². The number of hydrogen-bond acceptors (Lipinski definition) is 6. The molecular weight excluding hydrogens is 349 g/mol. The minimum atomic E-state index is -0.261. The summed E-state index contributed by atoms with van der Waals surface area (Å²) >= 11 is 0. The number of aromatic nitrogens is 5. The summed E-state index contributed by atoms with van der Waals surface area (Å²) in [6, 6.07) is 6.34. The summed E-state index contributed by atoms with van der Waals surface area (Å²) in [6.07, 6.45) is 5.75. The Hall–Kier alpha value is -2.61. The average Bonchev–Trinajstić information content (AvgIpc) is 3.36. The van der Waals surface area contributed by atoms with E-state index in [1.54, 1.807) is 16.8 Å². The molecule has 0 N–H and O–H groups in total. The van der Waals surface area contributed by atoms with E-state index in [0.29, 0.717) is 30.7 Å². The fourth-order valence-electron chi connectivity index (χ4n) is 3.91. The van der Waals surface area contributed by atoms with Crippen LogP contribution in [0, 0.1) is 5.82 Å². The van der Waals surface area contributed by atoms with E-state index in [2.05, 4.69) is 20.5 Å². The minimum Gasteiger partial charge on any atom is -0.365 e. The Kier molecular flexibility index (Phi) is 4.20. The molecule has 7 nitrogen and oxygen atoms in total. The molecule has 2 aromatic heterocycles. The standard InChI is InChI=1S/C19H20FN5O2/c20-14-8-6-12(7-9-14)16-10-25-15(11-26-16)17(22-24-25)19-21-18(23-27-19)13-4-2-1-3-5-13/h6-9,13,16H,1-5,10-11H2/t16-/m0/s1. The number of benzene rings is 1. The fourth-order valence-corrected chi connectivity index (χ4v) is 3.91. The summed E-state index contributed by atoms with van der Waals surface area (Å²) in [6.45, 7) is 0.850. The van der Waals surface area contributed by atoms with Gasteiger partial charge in [0, 0.05) is 5.92 Å². The van der Waals surface area contributed by atoms with Gasteiger partial charge in [-0.3, -0.25) is 0 Å². The molecule has 3 heterocycles. The second-order valence-electron chi connectivity index (χ2n) is 7.21. The van der Waals surface area contributed by atoms with Gasteiger partial charge in [0.1, 0.15) is 11.9 Å². The molecule has 0 amide bonds. The van der Waals surface area contributed by atoms with Crippen LogP contribution in [0.2, 0.25) is 0 Å². The first-order valence-electron chi connectivity index (χ1n) is 9.41. The maximum Gasteiger partial charge on any atom is 0.280 e. The first-order valence-corrected chi connectivity index (χ1v) is 9.41. The third-order valence-electron chi connectivity index (χ3n) is 5.45. The van der Waals surface area contributed by atoms with Gasteiger partial charge in [-0.15, -0.1) is 5.10 Å². The number of nitrogens with zero attached hydrogens (tertiary/aromatic N) is 5. The molecule has 0 unspecified atom stereocenters. The summed E-state index contributed by atoms with van der Waals surface area (Å²) in [5.41, 5.74) is 2.32. The first kappa shape index (κ1) is 16.6. The van der Waals surface area contributed by atoms with Crippen molar-refractivity contribution in [1.29, 1.82) is 0 Å². The Balaban J connectivity index is 1.37.